The van der Waals surface area contributed by atoms with Crippen molar-refractivity contribution < 1.29 is 5.11 Å². The fraction of sp³-hybridized carbons (Fsp3) is 0.300. The predicted molar refractivity (Wildman–Crippen MR) is 47.4 cm³/mol. The average molecular weight is 161 g/mol. The Kier molecular flexibility index (Phi) is 3.90. The van der Waals surface area contributed by atoms with Gasteiger partial charge in [0.2, 0.25) is 0 Å². The molecule has 1 rings (SSSR count). The maximum atomic E-state index is 8.48. The van der Waals surface area contributed by atoms with Gasteiger partial charge in [0.25, 0.3) is 0 Å². The summed E-state index contributed by atoms with van der Waals surface area (Å²) in [5.74, 6) is 5.91. The fourth-order valence-electron chi connectivity index (χ4n) is 0.769. The number of aliphatic hydroxyl groups is 1. The van der Waals surface area contributed by atoms with Crippen LogP contribution >= 0.6 is 0 Å². The number of hydrogen-bond donors (Lipinski definition) is 1. The molecule has 1 aromatic rings. The normalized spacial score (nSPS) is 8.75. The summed E-state index contributed by atoms with van der Waals surface area (Å²) in [6.07, 6.45) is 4.93. The number of rotatable bonds is 2. The third-order valence-corrected chi connectivity index (χ3v) is 1.35. The van der Waals surface area contributed by atoms with Crippen LogP contribution in [-0.2, 0) is 0 Å². The lowest BCUT2D eigenvalue weighted by Gasteiger charge is -1.86. The molecular weight excluding hydrogens is 150 g/mol. The Bertz CT molecular complexity index is 271. The zero-order valence-corrected chi connectivity index (χ0v) is 6.83. The SMILES string of the molecule is OCCCC#Cc1cccnc1. The summed E-state index contributed by atoms with van der Waals surface area (Å²) in [6, 6.07) is 3.77. The average Bonchev–Trinajstić information content (AvgIpc) is 2.14. The summed E-state index contributed by atoms with van der Waals surface area (Å²) in [5, 5.41) is 8.48. The number of pyridine rings is 1. The van der Waals surface area contributed by atoms with Gasteiger partial charge in [0.05, 0.1) is 0 Å². The quantitative estimate of drug-likeness (QED) is 0.522. The van der Waals surface area contributed by atoms with Crippen LogP contribution in [0.15, 0.2) is 24.5 Å². The molecular formula is C10H11NO. The minimum absolute atomic E-state index is 0.210. The molecule has 62 valence electrons. The number of unbranched alkanes of at least 4 members (excludes halogenated alkanes) is 1. The Morgan fingerprint density at radius 2 is 2.42 bits per heavy atom. The maximum Gasteiger partial charge on any atom is 0.0440 e. The molecule has 12 heavy (non-hydrogen) atoms. The van der Waals surface area contributed by atoms with Crippen molar-refractivity contribution in [3.05, 3.63) is 30.1 Å². The Labute approximate surface area is 72.3 Å². The number of nitrogens with zero attached hydrogens (tertiary/aromatic N) is 1. The largest absolute Gasteiger partial charge is 0.396 e. The lowest BCUT2D eigenvalue weighted by molar-refractivity contribution is 0.290. The lowest BCUT2D eigenvalue weighted by Crippen LogP contribution is -1.79. The zero-order chi connectivity index (χ0) is 8.65. The Hall–Kier alpha value is -1.33. The first-order valence-electron chi connectivity index (χ1n) is 3.93. The van der Waals surface area contributed by atoms with Gasteiger partial charge in [-0.2, -0.15) is 0 Å². The molecule has 0 atom stereocenters. The molecule has 0 spiro atoms. The maximum absolute atomic E-state index is 8.48. The van der Waals surface area contributed by atoms with Crippen LogP contribution in [0.4, 0.5) is 0 Å². The molecule has 0 radical (unpaired) electrons. The van der Waals surface area contributed by atoms with E-state index in [0.717, 1.165) is 18.4 Å². The van der Waals surface area contributed by atoms with E-state index < -0.39 is 0 Å². The third-order valence-electron chi connectivity index (χ3n) is 1.35. The molecule has 0 aliphatic heterocycles. The second-order valence-corrected chi connectivity index (χ2v) is 2.37. The highest BCUT2D eigenvalue weighted by Gasteiger charge is 1.82. The standard InChI is InChI=1S/C10H11NO/c12-8-3-1-2-5-10-6-4-7-11-9-10/h4,6-7,9,12H,1,3,8H2. The van der Waals surface area contributed by atoms with Crippen LogP contribution in [0.25, 0.3) is 0 Å². The zero-order valence-electron chi connectivity index (χ0n) is 6.83. The highest BCUT2D eigenvalue weighted by Crippen LogP contribution is 1.92. The second kappa shape index (κ2) is 5.34. The van der Waals surface area contributed by atoms with Gasteiger partial charge in [0, 0.05) is 31.0 Å². The van der Waals surface area contributed by atoms with Crippen LogP contribution in [0, 0.1) is 11.8 Å². The summed E-state index contributed by atoms with van der Waals surface area (Å²) < 4.78 is 0. The van der Waals surface area contributed by atoms with Gasteiger partial charge < -0.3 is 5.11 Å². The van der Waals surface area contributed by atoms with Crippen molar-refractivity contribution in [3.63, 3.8) is 0 Å². The number of aliphatic hydroxyl groups excluding tert-OH is 1. The number of aromatic nitrogens is 1. The smallest absolute Gasteiger partial charge is 0.0440 e. The van der Waals surface area contributed by atoms with Crippen LogP contribution in [0.5, 0.6) is 0 Å². The summed E-state index contributed by atoms with van der Waals surface area (Å²) >= 11 is 0. The van der Waals surface area contributed by atoms with Gasteiger partial charge in [0.1, 0.15) is 0 Å². The van der Waals surface area contributed by atoms with E-state index in [1.54, 1.807) is 12.4 Å². The third kappa shape index (κ3) is 3.18. The van der Waals surface area contributed by atoms with Crippen molar-refractivity contribution in [2.75, 3.05) is 6.61 Å². The van der Waals surface area contributed by atoms with Crippen LogP contribution in [-0.4, -0.2) is 16.7 Å². The van der Waals surface area contributed by atoms with E-state index >= 15 is 0 Å². The van der Waals surface area contributed by atoms with Gasteiger partial charge in [-0.05, 0) is 18.6 Å². The van der Waals surface area contributed by atoms with Crippen LogP contribution < -0.4 is 0 Å². The van der Waals surface area contributed by atoms with Gasteiger partial charge in [0.15, 0.2) is 0 Å². The monoisotopic (exact) mass is 161 g/mol. The van der Waals surface area contributed by atoms with E-state index in [1.165, 1.54) is 0 Å². The predicted octanol–water partition coefficient (Wildman–Crippen LogP) is 1.21. The van der Waals surface area contributed by atoms with Crippen LogP contribution in [0.2, 0.25) is 0 Å². The van der Waals surface area contributed by atoms with Crippen molar-refractivity contribution in [1.82, 2.24) is 4.98 Å². The molecule has 1 aromatic heterocycles. The van der Waals surface area contributed by atoms with Gasteiger partial charge in [-0.1, -0.05) is 11.8 Å². The molecule has 2 heteroatoms. The van der Waals surface area contributed by atoms with E-state index in [4.69, 9.17) is 5.11 Å². The van der Waals surface area contributed by atoms with Gasteiger partial charge in [-0.15, -0.1) is 0 Å². The topological polar surface area (TPSA) is 33.1 Å². The molecule has 0 fully saturated rings. The highest BCUT2D eigenvalue weighted by atomic mass is 16.2. The molecule has 0 saturated heterocycles. The van der Waals surface area contributed by atoms with Crippen molar-refractivity contribution in [3.8, 4) is 11.8 Å². The van der Waals surface area contributed by atoms with E-state index in [0.29, 0.717) is 0 Å². The Balaban J connectivity index is 2.44. The van der Waals surface area contributed by atoms with E-state index in [1.807, 2.05) is 12.1 Å². The Morgan fingerprint density at radius 1 is 1.50 bits per heavy atom. The van der Waals surface area contributed by atoms with Gasteiger partial charge in [-0.3, -0.25) is 4.98 Å². The van der Waals surface area contributed by atoms with Gasteiger partial charge >= 0.3 is 0 Å². The lowest BCUT2D eigenvalue weighted by atomic mass is 10.2. The molecule has 0 saturated carbocycles. The van der Waals surface area contributed by atoms with Crippen molar-refractivity contribution in [1.29, 1.82) is 0 Å². The van der Waals surface area contributed by atoms with Crippen LogP contribution in [0.1, 0.15) is 18.4 Å². The molecule has 0 aliphatic carbocycles. The molecule has 1 N–H and O–H groups in total. The molecule has 0 aliphatic rings. The molecule has 0 bridgehead atoms. The highest BCUT2D eigenvalue weighted by molar-refractivity contribution is 5.30. The molecule has 0 unspecified atom stereocenters. The summed E-state index contributed by atoms with van der Waals surface area (Å²) in [7, 11) is 0. The second-order valence-electron chi connectivity index (χ2n) is 2.37. The van der Waals surface area contributed by atoms with E-state index in [2.05, 4.69) is 16.8 Å². The minimum Gasteiger partial charge on any atom is -0.396 e. The molecule has 2 nitrogen and oxygen atoms in total. The van der Waals surface area contributed by atoms with Crippen molar-refractivity contribution in [2.24, 2.45) is 0 Å². The molecule has 1 heterocycles. The molecule has 0 aromatic carbocycles. The fourth-order valence-corrected chi connectivity index (χ4v) is 0.769. The number of hydrogen-bond acceptors (Lipinski definition) is 2. The summed E-state index contributed by atoms with van der Waals surface area (Å²) in [6.45, 7) is 0.210. The van der Waals surface area contributed by atoms with E-state index in [9.17, 15) is 0 Å². The molecule has 0 amide bonds. The van der Waals surface area contributed by atoms with Crippen molar-refractivity contribution in [2.45, 2.75) is 12.8 Å². The first-order chi connectivity index (χ1) is 5.93. The Morgan fingerprint density at radius 3 is 3.08 bits per heavy atom. The van der Waals surface area contributed by atoms with Crippen LogP contribution in [0.3, 0.4) is 0 Å². The van der Waals surface area contributed by atoms with E-state index in [-0.39, 0.29) is 6.61 Å². The first-order valence-corrected chi connectivity index (χ1v) is 3.93. The summed E-state index contributed by atoms with van der Waals surface area (Å²) in [4.78, 5) is 3.93. The minimum atomic E-state index is 0.210. The van der Waals surface area contributed by atoms with Crippen molar-refractivity contribution >= 4 is 0 Å². The first kappa shape index (κ1) is 8.76. The van der Waals surface area contributed by atoms with Gasteiger partial charge in [-0.25, -0.2) is 0 Å². The summed E-state index contributed by atoms with van der Waals surface area (Å²) in [5.41, 5.74) is 0.926.